The van der Waals surface area contributed by atoms with E-state index in [0.717, 1.165) is 25.1 Å². The highest BCUT2D eigenvalue weighted by atomic mass is 32.2. The molecule has 2 aliphatic rings. The third kappa shape index (κ3) is 3.68. The molecule has 0 aliphatic carbocycles. The molecule has 0 aromatic heterocycles. The van der Waals surface area contributed by atoms with Crippen LogP contribution in [0.5, 0.6) is 0 Å². The largest absolute Gasteiger partial charge is 0.362 e. The second-order valence-electron chi connectivity index (χ2n) is 7.11. The summed E-state index contributed by atoms with van der Waals surface area (Å²) in [5, 5.41) is 2.94. The zero-order valence-corrected chi connectivity index (χ0v) is 14.6. The molecule has 0 spiro atoms. The van der Waals surface area contributed by atoms with Crippen LogP contribution in [0.4, 0.5) is 5.69 Å². The van der Waals surface area contributed by atoms with E-state index < -0.39 is 15.4 Å². The summed E-state index contributed by atoms with van der Waals surface area (Å²) >= 11 is 0. The Morgan fingerprint density at radius 1 is 1.39 bits per heavy atom. The van der Waals surface area contributed by atoms with Crippen LogP contribution in [0.3, 0.4) is 0 Å². The standard InChI is InChI=1S/C17H24N2O3S/c1-13-5-6-15-14(10-13)4-3-8-19(15)11-16(20)18-17(2)7-9-23(21,22)12-17/h5-6,10H,3-4,7-9,11-12H2,1-2H3,(H,18,20)/t17-/m1/s1. The first-order chi connectivity index (χ1) is 10.8. The molecule has 0 radical (unpaired) electrons. The highest BCUT2D eigenvalue weighted by molar-refractivity contribution is 7.91. The summed E-state index contributed by atoms with van der Waals surface area (Å²) in [6.45, 7) is 5.04. The summed E-state index contributed by atoms with van der Waals surface area (Å²) in [5.41, 5.74) is 3.03. The smallest absolute Gasteiger partial charge is 0.239 e. The van der Waals surface area contributed by atoms with E-state index in [9.17, 15) is 13.2 Å². The van der Waals surface area contributed by atoms with E-state index in [1.807, 2.05) is 6.92 Å². The van der Waals surface area contributed by atoms with Crippen molar-refractivity contribution in [3.05, 3.63) is 29.3 Å². The maximum Gasteiger partial charge on any atom is 0.239 e. The minimum atomic E-state index is -3.01. The number of amides is 1. The van der Waals surface area contributed by atoms with Crippen molar-refractivity contribution in [2.75, 3.05) is 29.5 Å². The lowest BCUT2D eigenvalue weighted by molar-refractivity contribution is -0.121. The number of hydrogen-bond acceptors (Lipinski definition) is 4. The number of sulfone groups is 1. The Morgan fingerprint density at radius 3 is 2.87 bits per heavy atom. The lowest BCUT2D eigenvalue weighted by Crippen LogP contribution is -2.51. The first kappa shape index (κ1) is 16.3. The zero-order valence-electron chi connectivity index (χ0n) is 13.8. The van der Waals surface area contributed by atoms with Gasteiger partial charge in [-0.1, -0.05) is 17.7 Å². The quantitative estimate of drug-likeness (QED) is 0.907. The molecule has 2 aliphatic heterocycles. The number of hydrogen-bond donors (Lipinski definition) is 1. The molecule has 0 saturated carbocycles. The van der Waals surface area contributed by atoms with E-state index in [4.69, 9.17) is 0 Å². The molecule has 1 atom stereocenters. The van der Waals surface area contributed by atoms with Gasteiger partial charge in [0.05, 0.1) is 23.6 Å². The number of nitrogens with one attached hydrogen (secondary N) is 1. The molecular formula is C17H24N2O3S. The molecule has 1 fully saturated rings. The summed E-state index contributed by atoms with van der Waals surface area (Å²) < 4.78 is 23.3. The minimum absolute atomic E-state index is 0.0432. The van der Waals surface area contributed by atoms with Crippen molar-refractivity contribution in [1.82, 2.24) is 5.32 Å². The molecule has 1 aromatic carbocycles. The van der Waals surface area contributed by atoms with E-state index in [1.165, 1.54) is 11.1 Å². The zero-order chi connectivity index (χ0) is 16.7. The number of carbonyl (C=O) groups excluding carboxylic acids is 1. The normalized spacial score (nSPS) is 25.9. The van der Waals surface area contributed by atoms with Crippen LogP contribution in [0.1, 0.15) is 30.9 Å². The first-order valence-electron chi connectivity index (χ1n) is 8.12. The van der Waals surface area contributed by atoms with Crippen LogP contribution in [-0.2, 0) is 21.1 Å². The maximum absolute atomic E-state index is 12.4. The minimum Gasteiger partial charge on any atom is -0.362 e. The van der Waals surface area contributed by atoms with E-state index >= 15 is 0 Å². The highest BCUT2D eigenvalue weighted by Gasteiger charge is 2.39. The summed E-state index contributed by atoms with van der Waals surface area (Å²) in [6, 6.07) is 6.34. The van der Waals surface area contributed by atoms with Gasteiger partial charge in [-0.25, -0.2) is 8.42 Å². The average molecular weight is 336 g/mol. The molecule has 23 heavy (non-hydrogen) atoms. The van der Waals surface area contributed by atoms with Gasteiger partial charge < -0.3 is 10.2 Å². The van der Waals surface area contributed by atoms with Gasteiger partial charge in [-0.15, -0.1) is 0 Å². The molecule has 2 heterocycles. The van der Waals surface area contributed by atoms with Crippen molar-refractivity contribution in [1.29, 1.82) is 0 Å². The summed E-state index contributed by atoms with van der Waals surface area (Å²) in [7, 11) is -3.01. The van der Waals surface area contributed by atoms with Gasteiger partial charge in [0.1, 0.15) is 0 Å². The topological polar surface area (TPSA) is 66.5 Å². The molecule has 5 nitrogen and oxygen atoms in total. The van der Waals surface area contributed by atoms with Gasteiger partial charge in [0.15, 0.2) is 9.84 Å². The molecule has 126 valence electrons. The van der Waals surface area contributed by atoms with Crippen LogP contribution >= 0.6 is 0 Å². The second kappa shape index (κ2) is 5.82. The van der Waals surface area contributed by atoms with Crippen LogP contribution in [0.2, 0.25) is 0 Å². The molecule has 3 rings (SSSR count). The first-order valence-corrected chi connectivity index (χ1v) is 9.94. The molecule has 0 unspecified atom stereocenters. The number of nitrogens with zero attached hydrogens (tertiary/aromatic N) is 1. The van der Waals surface area contributed by atoms with Crippen molar-refractivity contribution >= 4 is 21.4 Å². The summed E-state index contributed by atoms with van der Waals surface area (Å²) in [6.07, 6.45) is 2.58. The van der Waals surface area contributed by atoms with Crippen molar-refractivity contribution in [2.24, 2.45) is 0 Å². The predicted octanol–water partition coefficient (Wildman–Crippen LogP) is 1.44. The molecule has 0 bridgehead atoms. The molecule has 1 aromatic rings. The highest BCUT2D eigenvalue weighted by Crippen LogP contribution is 2.28. The number of rotatable bonds is 3. The number of fused-ring (bicyclic) bond motifs is 1. The number of benzene rings is 1. The Bertz CT molecular complexity index is 729. The van der Waals surface area contributed by atoms with Crippen molar-refractivity contribution in [2.45, 2.75) is 38.6 Å². The van der Waals surface area contributed by atoms with E-state index in [-0.39, 0.29) is 24.0 Å². The third-order valence-electron chi connectivity index (χ3n) is 4.73. The van der Waals surface area contributed by atoms with Crippen molar-refractivity contribution in [3.8, 4) is 0 Å². The van der Waals surface area contributed by atoms with Crippen molar-refractivity contribution < 1.29 is 13.2 Å². The lowest BCUT2D eigenvalue weighted by Gasteiger charge is -2.32. The molecule has 1 saturated heterocycles. The maximum atomic E-state index is 12.4. The number of carbonyl (C=O) groups is 1. The monoisotopic (exact) mass is 336 g/mol. The Labute approximate surface area is 138 Å². The Hall–Kier alpha value is -1.56. The van der Waals surface area contributed by atoms with Crippen molar-refractivity contribution in [3.63, 3.8) is 0 Å². The van der Waals surface area contributed by atoms with Crippen LogP contribution in [0, 0.1) is 6.92 Å². The second-order valence-corrected chi connectivity index (χ2v) is 9.29. The van der Waals surface area contributed by atoms with Gasteiger partial charge in [-0.3, -0.25) is 4.79 Å². The molecule has 1 N–H and O–H groups in total. The Morgan fingerprint density at radius 2 is 2.17 bits per heavy atom. The van der Waals surface area contributed by atoms with Crippen LogP contribution in [0.15, 0.2) is 18.2 Å². The number of aryl methyl sites for hydroxylation is 2. The average Bonchev–Trinajstić information content (AvgIpc) is 2.72. The van der Waals surface area contributed by atoms with Crippen LogP contribution in [0.25, 0.3) is 0 Å². The fourth-order valence-electron chi connectivity index (χ4n) is 3.63. The molecular weight excluding hydrogens is 312 g/mol. The molecule has 6 heteroatoms. The van der Waals surface area contributed by atoms with Crippen LogP contribution in [-0.4, -0.2) is 44.5 Å². The fraction of sp³-hybridized carbons (Fsp3) is 0.588. The van der Waals surface area contributed by atoms with E-state index in [0.29, 0.717) is 6.42 Å². The van der Waals surface area contributed by atoms with Gasteiger partial charge >= 0.3 is 0 Å². The van der Waals surface area contributed by atoms with Gasteiger partial charge in [-0.2, -0.15) is 0 Å². The third-order valence-corrected chi connectivity index (χ3v) is 6.63. The Kier molecular flexibility index (Phi) is 4.12. The lowest BCUT2D eigenvalue weighted by atomic mass is 9.99. The molecule has 1 amide bonds. The summed E-state index contributed by atoms with van der Waals surface area (Å²) in [4.78, 5) is 14.5. The number of anilines is 1. The van der Waals surface area contributed by atoms with Gasteiger partial charge in [0.2, 0.25) is 5.91 Å². The van der Waals surface area contributed by atoms with Gasteiger partial charge in [0.25, 0.3) is 0 Å². The van der Waals surface area contributed by atoms with Gasteiger partial charge in [0, 0.05) is 12.2 Å². The van der Waals surface area contributed by atoms with E-state index in [1.54, 1.807) is 0 Å². The van der Waals surface area contributed by atoms with Crippen LogP contribution < -0.4 is 10.2 Å². The fourth-order valence-corrected chi connectivity index (χ4v) is 5.72. The van der Waals surface area contributed by atoms with Gasteiger partial charge in [-0.05, 0) is 44.7 Å². The SMILES string of the molecule is Cc1ccc2c(c1)CCCN2CC(=O)N[C@]1(C)CCS(=O)(=O)C1. The summed E-state index contributed by atoms with van der Waals surface area (Å²) in [5.74, 6) is 0.106. The van der Waals surface area contributed by atoms with E-state index in [2.05, 4.69) is 35.3 Å². The Balaban J connectivity index is 1.68. The predicted molar refractivity (Wildman–Crippen MR) is 91.5 cm³/mol.